The van der Waals surface area contributed by atoms with Crippen molar-refractivity contribution in [3.8, 4) is 0 Å². The van der Waals surface area contributed by atoms with Crippen molar-refractivity contribution in [1.82, 2.24) is 10.1 Å². The third kappa shape index (κ3) is 3.10. The first-order valence-corrected chi connectivity index (χ1v) is 7.31. The summed E-state index contributed by atoms with van der Waals surface area (Å²) in [7, 11) is 0. The molecule has 4 nitrogen and oxygen atoms in total. The van der Waals surface area contributed by atoms with E-state index in [9.17, 15) is 0 Å². The molecule has 1 aliphatic carbocycles. The van der Waals surface area contributed by atoms with Crippen molar-refractivity contribution in [2.24, 2.45) is 5.73 Å². The van der Waals surface area contributed by atoms with Gasteiger partial charge in [-0.3, -0.25) is 0 Å². The van der Waals surface area contributed by atoms with E-state index in [1.807, 2.05) is 6.92 Å². The largest absolute Gasteiger partial charge is 0.339 e. The lowest BCUT2D eigenvalue weighted by Crippen LogP contribution is -2.24. The maximum Gasteiger partial charge on any atom is 0.231 e. The lowest BCUT2D eigenvalue weighted by atomic mass is 9.98. The SMILES string of the molecule is CCC(c1nc(C2CCCCCC2)no1)C(C)N. The Kier molecular flexibility index (Phi) is 4.75. The maximum atomic E-state index is 5.96. The van der Waals surface area contributed by atoms with Gasteiger partial charge in [0.25, 0.3) is 0 Å². The van der Waals surface area contributed by atoms with Crippen molar-refractivity contribution in [3.05, 3.63) is 11.7 Å². The number of nitrogens with two attached hydrogens (primary N) is 1. The van der Waals surface area contributed by atoms with Crippen LogP contribution in [0.2, 0.25) is 0 Å². The van der Waals surface area contributed by atoms with E-state index in [-0.39, 0.29) is 12.0 Å². The Morgan fingerprint density at radius 2 is 1.94 bits per heavy atom. The van der Waals surface area contributed by atoms with Crippen LogP contribution in [-0.4, -0.2) is 16.2 Å². The lowest BCUT2D eigenvalue weighted by Gasteiger charge is -2.13. The van der Waals surface area contributed by atoms with Crippen LogP contribution in [0.5, 0.6) is 0 Å². The van der Waals surface area contributed by atoms with Crippen molar-refractivity contribution >= 4 is 0 Å². The van der Waals surface area contributed by atoms with Gasteiger partial charge in [0.05, 0.1) is 5.92 Å². The number of nitrogens with zero attached hydrogens (tertiary/aromatic N) is 2. The van der Waals surface area contributed by atoms with Gasteiger partial charge in [-0.15, -0.1) is 0 Å². The molecule has 4 heteroatoms. The van der Waals surface area contributed by atoms with Crippen LogP contribution >= 0.6 is 0 Å². The van der Waals surface area contributed by atoms with E-state index in [1.165, 1.54) is 38.5 Å². The van der Waals surface area contributed by atoms with Gasteiger partial charge >= 0.3 is 0 Å². The van der Waals surface area contributed by atoms with E-state index < -0.39 is 0 Å². The molecule has 0 spiro atoms. The Hall–Kier alpha value is -0.900. The van der Waals surface area contributed by atoms with Crippen molar-refractivity contribution in [1.29, 1.82) is 0 Å². The summed E-state index contributed by atoms with van der Waals surface area (Å²) in [6, 6.07) is 0.0671. The Balaban J connectivity index is 2.08. The van der Waals surface area contributed by atoms with Crippen LogP contribution in [0.25, 0.3) is 0 Å². The Labute approximate surface area is 109 Å². The highest BCUT2D eigenvalue weighted by Crippen LogP contribution is 2.31. The van der Waals surface area contributed by atoms with Crippen LogP contribution < -0.4 is 5.73 Å². The van der Waals surface area contributed by atoms with Crippen molar-refractivity contribution < 1.29 is 4.52 Å². The highest BCUT2D eigenvalue weighted by Gasteiger charge is 2.24. The first-order chi connectivity index (χ1) is 8.72. The van der Waals surface area contributed by atoms with Gasteiger partial charge in [-0.25, -0.2) is 0 Å². The normalized spacial score (nSPS) is 21.5. The highest BCUT2D eigenvalue weighted by atomic mass is 16.5. The fourth-order valence-electron chi connectivity index (χ4n) is 2.87. The molecule has 102 valence electrons. The molecule has 0 aliphatic heterocycles. The summed E-state index contributed by atoms with van der Waals surface area (Å²) >= 11 is 0. The van der Waals surface area contributed by atoms with Crippen LogP contribution in [0.3, 0.4) is 0 Å². The fourth-order valence-corrected chi connectivity index (χ4v) is 2.87. The van der Waals surface area contributed by atoms with Gasteiger partial charge in [-0.2, -0.15) is 4.98 Å². The first kappa shape index (κ1) is 13.5. The molecule has 0 saturated heterocycles. The molecule has 1 aromatic heterocycles. The quantitative estimate of drug-likeness (QED) is 0.833. The molecule has 0 amide bonds. The molecule has 0 bridgehead atoms. The summed E-state index contributed by atoms with van der Waals surface area (Å²) in [6.07, 6.45) is 8.63. The topological polar surface area (TPSA) is 64.9 Å². The van der Waals surface area contributed by atoms with E-state index in [4.69, 9.17) is 10.3 Å². The Morgan fingerprint density at radius 1 is 1.28 bits per heavy atom. The zero-order valence-electron chi connectivity index (χ0n) is 11.6. The molecule has 18 heavy (non-hydrogen) atoms. The van der Waals surface area contributed by atoms with Gasteiger partial charge in [0.1, 0.15) is 0 Å². The second-order valence-electron chi connectivity index (χ2n) is 5.55. The van der Waals surface area contributed by atoms with E-state index in [1.54, 1.807) is 0 Å². The van der Waals surface area contributed by atoms with Crippen molar-refractivity contribution in [2.75, 3.05) is 0 Å². The average molecular weight is 251 g/mol. The highest BCUT2D eigenvalue weighted by molar-refractivity contribution is 5.01. The molecule has 2 atom stereocenters. The molecular formula is C14H25N3O. The summed E-state index contributed by atoms with van der Waals surface area (Å²) in [5.41, 5.74) is 5.96. The summed E-state index contributed by atoms with van der Waals surface area (Å²) < 4.78 is 5.43. The first-order valence-electron chi connectivity index (χ1n) is 7.31. The third-order valence-electron chi connectivity index (χ3n) is 4.07. The van der Waals surface area contributed by atoms with Gasteiger partial charge in [-0.1, -0.05) is 37.8 Å². The van der Waals surface area contributed by atoms with Gasteiger partial charge < -0.3 is 10.3 Å². The van der Waals surface area contributed by atoms with E-state index in [0.717, 1.165) is 18.1 Å². The van der Waals surface area contributed by atoms with Gasteiger partial charge in [-0.05, 0) is 26.2 Å². The molecule has 0 radical (unpaired) electrons. The van der Waals surface area contributed by atoms with Crippen molar-refractivity contribution in [3.63, 3.8) is 0 Å². The molecule has 1 aromatic rings. The van der Waals surface area contributed by atoms with Crippen LogP contribution in [0.1, 0.15) is 82.3 Å². The minimum Gasteiger partial charge on any atom is -0.339 e. The summed E-state index contributed by atoms with van der Waals surface area (Å²) in [4.78, 5) is 4.61. The number of aromatic nitrogens is 2. The number of rotatable bonds is 4. The Bertz CT molecular complexity index is 354. The fraction of sp³-hybridized carbons (Fsp3) is 0.857. The van der Waals surface area contributed by atoms with E-state index in [2.05, 4.69) is 17.1 Å². The van der Waals surface area contributed by atoms with E-state index >= 15 is 0 Å². The van der Waals surface area contributed by atoms with Crippen LogP contribution in [0.4, 0.5) is 0 Å². The minimum absolute atomic E-state index is 0.0671. The maximum absolute atomic E-state index is 5.96. The van der Waals surface area contributed by atoms with Gasteiger partial charge in [0, 0.05) is 12.0 Å². The van der Waals surface area contributed by atoms with Crippen LogP contribution in [-0.2, 0) is 0 Å². The smallest absolute Gasteiger partial charge is 0.231 e. The molecule has 2 N–H and O–H groups in total. The second kappa shape index (κ2) is 6.32. The molecule has 1 fully saturated rings. The number of hydrogen-bond donors (Lipinski definition) is 1. The second-order valence-corrected chi connectivity index (χ2v) is 5.55. The summed E-state index contributed by atoms with van der Waals surface area (Å²) in [5.74, 6) is 2.32. The molecule has 2 unspecified atom stereocenters. The van der Waals surface area contributed by atoms with Gasteiger partial charge in [0.15, 0.2) is 5.82 Å². The standard InChI is InChI=1S/C14H25N3O/c1-3-12(10(2)15)14-16-13(17-18-14)11-8-6-4-5-7-9-11/h10-12H,3-9,15H2,1-2H3. The molecule has 1 aliphatic rings. The zero-order valence-corrected chi connectivity index (χ0v) is 11.6. The molecular weight excluding hydrogens is 226 g/mol. The molecule has 1 heterocycles. The van der Waals surface area contributed by atoms with Crippen molar-refractivity contribution in [2.45, 2.75) is 76.7 Å². The monoisotopic (exact) mass is 251 g/mol. The number of hydrogen-bond acceptors (Lipinski definition) is 4. The zero-order chi connectivity index (χ0) is 13.0. The summed E-state index contributed by atoms with van der Waals surface area (Å²) in [6.45, 7) is 4.12. The Morgan fingerprint density at radius 3 is 2.50 bits per heavy atom. The lowest BCUT2D eigenvalue weighted by molar-refractivity contribution is 0.328. The average Bonchev–Trinajstić information content (AvgIpc) is 2.65. The molecule has 1 saturated carbocycles. The third-order valence-corrected chi connectivity index (χ3v) is 4.07. The van der Waals surface area contributed by atoms with Crippen LogP contribution in [0, 0.1) is 0 Å². The molecule has 2 rings (SSSR count). The predicted octanol–water partition coefficient (Wildman–Crippen LogP) is 3.35. The molecule has 0 aromatic carbocycles. The van der Waals surface area contributed by atoms with Crippen LogP contribution in [0.15, 0.2) is 4.52 Å². The minimum atomic E-state index is 0.0671. The van der Waals surface area contributed by atoms with E-state index in [0.29, 0.717) is 5.92 Å². The summed E-state index contributed by atoms with van der Waals surface area (Å²) in [5, 5.41) is 4.19. The predicted molar refractivity (Wildman–Crippen MR) is 71.4 cm³/mol. The van der Waals surface area contributed by atoms with Gasteiger partial charge in [0.2, 0.25) is 5.89 Å².